The first-order valence-electron chi connectivity index (χ1n) is 7.85. The highest BCUT2D eigenvalue weighted by molar-refractivity contribution is 6.30. The van der Waals surface area contributed by atoms with Crippen molar-refractivity contribution >= 4 is 34.6 Å². The minimum Gasteiger partial charge on any atom is -0.360 e. The van der Waals surface area contributed by atoms with E-state index < -0.39 is 4.92 Å². The molecule has 1 heterocycles. The van der Waals surface area contributed by atoms with Crippen molar-refractivity contribution in [1.82, 2.24) is 9.97 Å². The topological polar surface area (TPSA) is 93.0 Å². The Morgan fingerprint density at radius 2 is 1.77 bits per heavy atom. The van der Waals surface area contributed by atoms with Crippen molar-refractivity contribution in [3.05, 3.63) is 81.1 Å². The minimum atomic E-state index is -0.495. The van der Waals surface area contributed by atoms with Crippen LogP contribution in [0.15, 0.2) is 54.9 Å². The molecule has 0 aliphatic rings. The lowest BCUT2D eigenvalue weighted by Crippen LogP contribution is -2.08. The van der Waals surface area contributed by atoms with Crippen LogP contribution in [0.3, 0.4) is 0 Å². The fourth-order valence-corrected chi connectivity index (χ4v) is 2.53. The van der Waals surface area contributed by atoms with Crippen LogP contribution in [0.1, 0.15) is 11.1 Å². The largest absolute Gasteiger partial charge is 0.360 e. The molecule has 2 N–H and O–H groups in total. The molecule has 7 nitrogen and oxygen atoms in total. The van der Waals surface area contributed by atoms with Crippen molar-refractivity contribution in [2.24, 2.45) is 0 Å². The number of nitro groups is 1. The molecular formula is C18H16ClN5O2. The number of benzene rings is 2. The van der Waals surface area contributed by atoms with Crippen LogP contribution in [0, 0.1) is 17.0 Å². The van der Waals surface area contributed by atoms with Gasteiger partial charge < -0.3 is 10.6 Å². The Labute approximate surface area is 155 Å². The highest BCUT2D eigenvalue weighted by Gasteiger charge is 2.23. The predicted octanol–water partition coefficient (Wildman–Crippen LogP) is 4.70. The quantitative estimate of drug-likeness (QED) is 0.483. The number of hydrogen-bond donors (Lipinski definition) is 2. The molecule has 0 saturated carbocycles. The molecule has 0 radical (unpaired) electrons. The van der Waals surface area contributed by atoms with Crippen LogP contribution >= 0.6 is 11.6 Å². The zero-order chi connectivity index (χ0) is 18.5. The van der Waals surface area contributed by atoms with E-state index in [1.165, 1.54) is 6.33 Å². The zero-order valence-electron chi connectivity index (χ0n) is 13.9. The summed E-state index contributed by atoms with van der Waals surface area (Å²) in [5.74, 6) is 0.286. The molecule has 0 saturated heterocycles. The molecule has 0 fully saturated rings. The van der Waals surface area contributed by atoms with E-state index in [-0.39, 0.29) is 17.3 Å². The minimum absolute atomic E-state index is 0.137. The van der Waals surface area contributed by atoms with Crippen molar-refractivity contribution in [3.63, 3.8) is 0 Å². The van der Waals surface area contributed by atoms with Crippen LogP contribution in [-0.4, -0.2) is 14.9 Å². The third-order valence-corrected chi connectivity index (χ3v) is 4.03. The molecule has 0 atom stereocenters. The van der Waals surface area contributed by atoms with E-state index in [2.05, 4.69) is 20.6 Å². The Balaban J connectivity index is 1.87. The lowest BCUT2D eigenvalue weighted by Gasteiger charge is -2.11. The van der Waals surface area contributed by atoms with Crippen LogP contribution in [0.2, 0.25) is 5.02 Å². The monoisotopic (exact) mass is 369 g/mol. The van der Waals surface area contributed by atoms with Gasteiger partial charge in [0.1, 0.15) is 6.33 Å². The number of hydrogen-bond acceptors (Lipinski definition) is 6. The summed E-state index contributed by atoms with van der Waals surface area (Å²) in [6.45, 7) is 2.29. The van der Waals surface area contributed by atoms with Gasteiger partial charge in [-0.25, -0.2) is 9.97 Å². The van der Waals surface area contributed by atoms with E-state index in [0.29, 0.717) is 11.6 Å². The molecule has 2 aromatic carbocycles. The Hall–Kier alpha value is -3.19. The number of rotatable bonds is 6. The first kappa shape index (κ1) is 17.6. The maximum absolute atomic E-state index is 11.6. The molecule has 3 aromatic rings. The van der Waals surface area contributed by atoms with Crippen molar-refractivity contribution in [2.75, 3.05) is 10.6 Å². The van der Waals surface area contributed by atoms with E-state index in [1.54, 1.807) is 12.1 Å². The van der Waals surface area contributed by atoms with Gasteiger partial charge in [-0.3, -0.25) is 10.1 Å². The molecule has 0 aliphatic carbocycles. The van der Waals surface area contributed by atoms with Gasteiger partial charge >= 0.3 is 5.69 Å². The normalized spacial score (nSPS) is 10.4. The van der Waals surface area contributed by atoms with E-state index in [0.717, 1.165) is 16.8 Å². The summed E-state index contributed by atoms with van der Waals surface area (Å²) in [6.07, 6.45) is 1.29. The van der Waals surface area contributed by atoms with Crippen molar-refractivity contribution in [1.29, 1.82) is 0 Å². The van der Waals surface area contributed by atoms with E-state index in [1.807, 2.05) is 43.3 Å². The predicted molar refractivity (Wildman–Crippen MR) is 102 cm³/mol. The third kappa shape index (κ3) is 4.07. The fourth-order valence-electron chi connectivity index (χ4n) is 2.40. The fraction of sp³-hybridized carbons (Fsp3) is 0.111. The Morgan fingerprint density at radius 3 is 2.46 bits per heavy atom. The van der Waals surface area contributed by atoms with Gasteiger partial charge in [0.15, 0.2) is 0 Å². The van der Waals surface area contributed by atoms with E-state index >= 15 is 0 Å². The van der Waals surface area contributed by atoms with Crippen molar-refractivity contribution in [3.8, 4) is 0 Å². The standard InChI is InChI=1S/C18H16ClN5O2/c1-12-4-2-3-5-15(12)23-18-16(24(25)26)17(21-11-22-18)20-10-13-6-8-14(19)9-7-13/h2-9,11H,10H2,1H3,(H2,20,21,22,23). The summed E-state index contributed by atoms with van der Waals surface area (Å²) in [4.78, 5) is 19.2. The van der Waals surface area contributed by atoms with E-state index in [4.69, 9.17) is 11.6 Å². The summed E-state index contributed by atoms with van der Waals surface area (Å²) in [5.41, 5.74) is 2.43. The first-order valence-corrected chi connectivity index (χ1v) is 8.23. The molecule has 0 unspecified atom stereocenters. The van der Waals surface area contributed by atoms with Gasteiger partial charge in [0, 0.05) is 17.3 Å². The number of nitrogens with zero attached hydrogens (tertiary/aromatic N) is 3. The number of anilines is 3. The van der Waals surface area contributed by atoms with Gasteiger partial charge in [0.2, 0.25) is 11.6 Å². The lowest BCUT2D eigenvalue weighted by atomic mass is 10.2. The van der Waals surface area contributed by atoms with Gasteiger partial charge in [-0.1, -0.05) is 41.9 Å². The molecule has 1 aromatic heterocycles. The molecule has 8 heteroatoms. The van der Waals surface area contributed by atoms with Crippen LogP contribution in [0.25, 0.3) is 0 Å². The Morgan fingerprint density at radius 1 is 1.08 bits per heavy atom. The number of aryl methyl sites for hydroxylation is 1. The van der Waals surface area contributed by atoms with Crippen LogP contribution in [0.5, 0.6) is 0 Å². The second-order valence-corrected chi connectivity index (χ2v) is 6.03. The van der Waals surface area contributed by atoms with Crippen molar-refractivity contribution < 1.29 is 4.92 Å². The molecule has 3 rings (SSSR count). The maximum Gasteiger partial charge on any atom is 0.353 e. The summed E-state index contributed by atoms with van der Waals surface area (Å²) < 4.78 is 0. The molecule has 0 amide bonds. The average molecular weight is 370 g/mol. The third-order valence-electron chi connectivity index (χ3n) is 3.78. The smallest absolute Gasteiger partial charge is 0.353 e. The lowest BCUT2D eigenvalue weighted by molar-refractivity contribution is -0.383. The summed E-state index contributed by atoms with van der Waals surface area (Å²) in [7, 11) is 0. The average Bonchev–Trinajstić information content (AvgIpc) is 2.63. The number of halogens is 1. The van der Waals surface area contributed by atoms with Gasteiger partial charge in [0.25, 0.3) is 0 Å². The van der Waals surface area contributed by atoms with E-state index in [9.17, 15) is 10.1 Å². The van der Waals surface area contributed by atoms with Crippen LogP contribution < -0.4 is 10.6 Å². The molecule has 26 heavy (non-hydrogen) atoms. The Kier molecular flexibility index (Phi) is 5.28. The van der Waals surface area contributed by atoms with Gasteiger partial charge in [-0.15, -0.1) is 0 Å². The molecular weight excluding hydrogens is 354 g/mol. The van der Waals surface area contributed by atoms with Gasteiger partial charge in [0.05, 0.1) is 4.92 Å². The number of aromatic nitrogens is 2. The molecule has 132 valence electrons. The summed E-state index contributed by atoms with van der Waals surface area (Å²) >= 11 is 5.87. The zero-order valence-corrected chi connectivity index (χ0v) is 14.7. The highest BCUT2D eigenvalue weighted by atomic mass is 35.5. The summed E-state index contributed by atoms with van der Waals surface area (Å²) in [5, 5.41) is 18.2. The van der Waals surface area contributed by atoms with Crippen LogP contribution in [0.4, 0.5) is 23.0 Å². The van der Waals surface area contributed by atoms with Gasteiger partial charge in [-0.05, 0) is 36.2 Å². The molecule has 0 bridgehead atoms. The maximum atomic E-state index is 11.6. The SMILES string of the molecule is Cc1ccccc1Nc1ncnc(NCc2ccc(Cl)cc2)c1[N+](=O)[O-]. The second kappa shape index (κ2) is 7.79. The Bertz CT molecular complexity index is 931. The van der Waals surface area contributed by atoms with Crippen molar-refractivity contribution in [2.45, 2.75) is 13.5 Å². The second-order valence-electron chi connectivity index (χ2n) is 5.60. The van der Waals surface area contributed by atoms with Gasteiger partial charge in [-0.2, -0.15) is 0 Å². The highest BCUT2D eigenvalue weighted by Crippen LogP contribution is 2.32. The number of para-hydroxylation sites is 1. The summed E-state index contributed by atoms with van der Waals surface area (Å²) in [6, 6.07) is 14.7. The molecule has 0 aliphatic heterocycles. The first-order chi connectivity index (χ1) is 12.5. The van der Waals surface area contributed by atoms with Crippen LogP contribution in [-0.2, 0) is 6.54 Å². The molecule has 0 spiro atoms. The number of nitrogens with one attached hydrogen (secondary N) is 2.